The highest BCUT2D eigenvalue weighted by molar-refractivity contribution is 5.46. The van der Waals surface area contributed by atoms with Gasteiger partial charge in [0.15, 0.2) is 0 Å². The van der Waals surface area contributed by atoms with Crippen molar-refractivity contribution in [1.29, 1.82) is 0 Å². The standard InChI is InChI=1S/C8H7F2N/c1-2-7-6(8(9)10)4-3-5-11-7/h2-5,8H,1H2. The predicted octanol–water partition coefficient (Wildman–Crippen LogP) is 2.66. The number of nitrogens with zero attached hydrogens (tertiary/aromatic N) is 1. The first-order valence-corrected chi connectivity index (χ1v) is 3.11. The molecule has 0 fully saturated rings. The molecule has 1 rings (SSSR count). The van der Waals surface area contributed by atoms with Crippen LogP contribution < -0.4 is 0 Å². The molecule has 1 aromatic heterocycles. The molecule has 11 heavy (non-hydrogen) atoms. The monoisotopic (exact) mass is 155 g/mol. The SMILES string of the molecule is C=Cc1ncccc1C(F)F. The van der Waals surface area contributed by atoms with Crippen molar-refractivity contribution in [3.05, 3.63) is 36.2 Å². The van der Waals surface area contributed by atoms with Crippen molar-refractivity contribution in [2.45, 2.75) is 6.43 Å². The molecule has 0 aromatic carbocycles. The highest BCUT2D eigenvalue weighted by Crippen LogP contribution is 2.21. The summed E-state index contributed by atoms with van der Waals surface area (Å²) in [4.78, 5) is 3.72. The van der Waals surface area contributed by atoms with Gasteiger partial charge in [0.05, 0.1) is 5.69 Å². The Bertz CT molecular complexity index is 258. The van der Waals surface area contributed by atoms with Crippen LogP contribution in [0.5, 0.6) is 0 Å². The summed E-state index contributed by atoms with van der Waals surface area (Å²) in [5, 5.41) is 0. The molecule has 1 nitrogen and oxygen atoms in total. The average Bonchev–Trinajstić information content (AvgIpc) is 2.04. The number of rotatable bonds is 2. The maximum atomic E-state index is 12.1. The first kappa shape index (κ1) is 7.85. The van der Waals surface area contributed by atoms with Crippen LogP contribution in [0.15, 0.2) is 24.9 Å². The molecule has 0 saturated carbocycles. The van der Waals surface area contributed by atoms with Crippen molar-refractivity contribution in [2.24, 2.45) is 0 Å². The summed E-state index contributed by atoms with van der Waals surface area (Å²) < 4.78 is 24.3. The number of alkyl halides is 2. The molecule has 58 valence electrons. The van der Waals surface area contributed by atoms with E-state index in [1.54, 1.807) is 0 Å². The summed E-state index contributed by atoms with van der Waals surface area (Å²) in [6, 6.07) is 2.82. The van der Waals surface area contributed by atoms with E-state index in [9.17, 15) is 8.78 Å². The molecule has 0 unspecified atom stereocenters. The molecule has 0 N–H and O–H groups in total. The van der Waals surface area contributed by atoms with Crippen LogP contribution in [0, 0.1) is 0 Å². The summed E-state index contributed by atoms with van der Waals surface area (Å²) in [5.41, 5.74) is 0.185. The molecule has 0 radical (unpaired) electrons. The van der Waals surface area contributed by atoms with Gasteiger partial charge in [-0.15, -0.1) is 0 Å². The van der Waals surface area contributed by atoms with Gasteiger partial charge in [-0.2, -0.15) is 0 Å². The zero-order chi connectivity index (χ0) is 8.27. The molecule has 0 bridgehead atoms. The Morgan fingerprint density at radius 2 is 2.27 bits per heavy atom. The maximum Gasteiger partial charge on any atom is 0.265 e. The van der Waals surface area contributed by atoms with E-state index in [2.05, 4.69) is 11.6 Å². The molecular formula is C8H7F2N. The van der Waals surface area contributed by atoms with E-state index >= 15 is 0 Å². The molecule has 1 aromatic rings. The number of aromatic nitrogens is 1. The van der Waals surface area contributed by atoms with Gasteiger partial charge in [0.2, 0.25) is 0 Å². The first-order chi connectivity index (χ1) is 5.25. The van der Waals surface area contributed by atoms with E-state index in [0.29, 0.717) is 0 Å². The van der Waals surface area contributed by atoms with Crippen LogP contribution in [0.4, 0.5) is 8.78 Å². The van der Waals surface area contributed by atoms with Gasteiger partial charge in [-0.1, -0.05) is 6.58 Å². The number of hydrogen-bond donors (Lipinski definition) is 0. The van der Waals surface area contributed by atoms with Crippen molar-refractivity contribution in [1.82, 2.24) is 4.98 Å². The van der Waals surface area contributed by atoms with Crippen molar-refractivity contribution in [2.75, 3.05) is 0 Å². The fourth-order valence-corrected chi connectivity index (χ4v) is 0.785. The van der Waals surface area contributed by atoms with Crippen LogP contribution in [0.2, 0.25) is 0 Å². The van der Waals surface area contributed by atoms with E-state index in [1.165, 1.54) is 24.4 Å². The van der Waals surface area contributed by atoms with Gasteiger partial charge in [-0.05, 0) is 18.2 Å². The van der Waals surface area contributed by atoms with Crippen LogP contribution in [0.3, 0.4) is 0 Å². The Labute approximate surface area is 63.4 Å². The number of hydrogen-bond acceptors (Lipinski definition) is 1. The van der Waals surface area contributed by atoms with Gasteiger partial charge in [0.25, 0.3) is 6.43 Å². The lowest BCUT2D eigenvalue weighted by Gasteiger charge is -2.01. The highest BCUT2D eigenvalue weighted by atomic mass is 19.3. The van der Waals surface area contributed by atoms with Crippen molar-refractivity contribution < 1.29 is 8.78 Å². The van der Waals surface area contributed by atoms with E-state index in [-0.39, 0.29) is 11.3 Å². The molecule has 0 aliphatic rings. The Morgan fingerprint density at radius 1 is 1.55 bits per heavy atom. The number of halogens is 2. The topological polar surface area (TPSA) is 12.9 Å². The summed E-state index contributed by atoms with van der Waals surface area (Å²) in [7, 11) is 0. The normalized spacial score (nSPS) is 10.1. The molecule has 3 heteroatoms. The molecule has 0 atom stereocenters. The highest BCUT2D eigenvalue weighted by Gasteiger charge is 2.10. The van der Waals surface area contributed by atoms with Gasteiger partial charge in [0.1, 0.15) is 0 Å². The lowest BCUT2D eigenvalue weighted by molar-refractivity contribution is 0.150. The van der Waals surface area contributed by atoms with E-state index in [0.717, 1.165) is 0 Å². The fraction of sp³-hybridized carbons (Fsp3) is 0.125. The van der Waals surface area contributed by atoms with Crippen LogP contribution in [0.25, 0.3) is 6.08 Å². The van der Waals surface area contributed by atoms with Gasteiger partial charge in [-0.25, -0.2) is 8.78 Å². The van der Waals surface area contributed by atoms with E-state index in [4.69, 9.17) is 0 Å². The quantitative estimate of drug-likeness (QED) is 0.639. The summed E-state index contributed by atoms with van der Waals surface area (Å²) in [5.74, 6) is 0. The van der Waals surface area contributed by atoms with Gasteiger partial charge in [-0.3, -0.25) is 4.98 Å². The summed E-state index contributed by atoms with van der Waals surface area (Å²) in [6.07, 6.45) is 0.307. The third-order valence-electron chi connectivity index (χ3n) is 1.30. The minimum Gasteiger partial charge on any atom is -0.256 e. The number of pyridine rings is 1. The van der Waals surface area contributed by atoms with Crippen LogP contribution >= 0.6 is 0 Å². The molecular weight excluding hydrogens is 148 g/mol. The van der Waals surface area contributed by atoms with Crippen molar-refractivity contribution in [3.8, 4) is 0 Å². The molecule has 0 spiro atoms. The minimum atomic E-state index is -2.48. The zero-order valence-corrected chi connectivity index (χ0v) is 5.80. The smallest absolute Gasteiger partial charge is 0.256 e. The Balaban J connectivity index is 3.12. The lowest BCUT2D eigenvalue weighted by Crippen LogP contribution is -1.90. The van der Waals surface area contributed by atoms with Gasteiger partial charge in [0, 0.05) is 11.8 Å². The fourth-order valence-electron chi connectivity index (χ4n) is 0.785. The molecule has 0 saturated heterocycles. The maximum absolute atomic E-state index is 12.1. The second-order valence-corrected chi connectivity index (χ2v) is 1.98. The summed E-state index contributed by atoms with van der Waals surface area (Å²) >= 11 is 0. The third-order valence-corrected chi connectivity index (χ3v) is 1.30. The zero-order valence-electron chi connectivity index (χ0n) is 5.80. The largest absolute Gasteiger partial charge is 0.265 e. The van der Waals surface area contributed by atoms with Crippen LogP contribution in [-0.4, -0.2) is 4.98 Å². The second-order valence-electron chi connectivity index (χ2n) is 1.98. The minimum absolute atomic E-state index is 0.0671. The van der Waals surface area contributed by atoms with Gasteiger partial charge < -0.3 is 0 Å². The van der Waals surface area contributed by atoms with Crippen LogP contribution in [0.1, 0.15) is 17.7 Å². The molecule has 0 aliphatic carbocycles. The van der Waals surface area contributed by atoms with Crippen molar-refractivity contribution >= 4 is 6.08 Å². The average molecular weight is 155 g/mol. The Hall–Kier alpha value is -1.25. The van der Waals surface area contributed by atoms with Crippen LogP contribution in [-0.2, 0) is 0 Å². The molecule has 0 aliphatic heterocycles. The molecule has 0 amide bonds. The summed E-state index contributed by atoms with van der Waals surface area (Å²) in [6.45, 7) is 3.38. The second kappa shape index (κ2) is 3.23. The Morgan fingerprint density at radius 3 is 2.73 bits per heavy atom. The first-order valence-electron chi connectivity index (χ1n) is 3.11. The Kier molecular flexibility index (Phi) is 2.31. The predicted molar refractivity (Wildman–Crippen MR) is 39.3 cm³/mol. The van der Waals surface area contributed by atoms with E-state index < -0.39 is 6.43 Å². The third kappa shape index (κ3) is 1.61. The van der Waals surface area contributed by atoms with Crippen molar-refractivity contribution in [3.63, 3.8) is 0 Å². The van der Waals surface area contributed by atoms with Gasteiger partial charge >= 0.3 is 0 Å². The molecule has 1 heterocycles. The lowest BCUT2D eigenvalue weighted by atomic mass is 10.2. The van der Waals surface area contributed by atoms with E-state index in [1.807, 2.05) is 0 Å².